The van der Waals surface area contributed by atoms with E-state index < -0.39 is 0 Å². The van der Waals surface area contributed by atoms with Crippen LogP contribution in [0.25, 0.3) is 10.9 Å². The average Bonchev–Trinajstić information content (AvgIpc) is 2.68. The minimum absolute atomic E-state index is 0.242. The molecule has 124 valence electrons. The number of nitrogens with zero attached hydrogens (tertiary/aromatic N) is 2. The Kier molecular flexibility index (Phi) is 4.32. The van der Waals surface area contributed by atoms with E-state index in [1.807, 2.05) is 24.3 Å². The summed E-state index contributed by atoms with van der Waals surface area (Å²) in [6.07, 6.45) is 1.93. The van der Waals surface area contributed by atoms with Crippen molar-refractivity contribution in [3.8, 4) is 11.8 Å². The van der Waals surface area contributed by atoms with Gasteiger partial charge in [0, 0.05) is 23.4 Å². The van der Waals surface area contributed by atoms with Crippen LogP contribution in [0.5, 0.6) is 5.75 Å². The summed E-state index contributed by atoms with van der Waals surface area (Å²) in [5.41, 5.74) is 3.78. The van der Waals surface area contributed by atoms with Gasteiger partial charge in [0.25, 0.3) is 0 Å². The zero-order valence-electron chi connectivity index (χ0n) is 13.9. The van der Waals surface area contributed by atoms with Crippen LogP contribution in [0.4, 0.5) is 0 Å². The molecule has 0 saturated heterocycles. The van der Waals surface area contributed by atoms with Crippen molar-refractivity contribution in [3.05, 3.63) is 71.4 Å². The number of ether oxygens (including phenoxy) is 1. The smallest absolute Gasteiger partial charge is 0.141 e. The number of pyridine rings is 1. The number of hydrogen-bond acceptors (Lipinski definition) is 4. The fourth-order valence-corrected chi connectivity index (χ4v) is 3.43. The van der Waals surface area contributed by atoms with Gasteiger partial charge in [0.1, 0.15) is 17.5 Å². The first-order valence-corrected chi connectivity index (χ1v) is 8.59. The number of benzene rings is 2. The number of fused-ring (bicyclic) bond motifs is 3. The predicted octanol–water partition coefficient (Wildman–Crippen LogP) is 3.76. The molecule has 1 aliphatic rings. The predicted molar refractivity (Wildman–Crippen MR) is 97.5 cm³/mol. The van der Waals surface area contributed by atoms with Gasteiger partial charge in [0.2, 0.25) is 0 Å². The molecule has 3 aromatic rings. The lowest BCUT2D eigenvalue weighted by molar-refractivity contribution is 0.255. The second-order valence-electron chi connectivity index (χ2n) is 6.23. The minimum Gasteiger partial charge on any atom is -0.493 e. The highest BCUT2D eigenvalue weighted by atomic mass is 16.5. The lowest BCUT2D eigenvalue weighted by Crippen LogP contribution is -2.29. The second-order valence-corrected chi connectivity index (χ2v) is 6.23. The quantitative estimate of drug-likeness (QED) is 0.792. The molecule has 0 fully saturated rings. The van der Waals surface area contributed by atoms with Crippen LogP contribution < -0.4 is 10.1 Å². The average molecular weight is 329 g/mol. The summed E-state index contributed by atoms with van der Waals surface area (Å²) >= 11 is 0. The Labute approximate surface area is 147 Å². The van der Waals surface area contributed by atoms with E-state index in [-0.39, 0.29) is 6.04 Å². The Morgan fingerprint density at radius 1 is 1.12 bits per heavy atom. The van der Waals surface area contributed by atoms with Crippen LogP contribution in [0, 0.1) is 11.3 Å². The number of nitriles is 1. The summed E-state index contributed by atoms with van der Waals surface area (Å²) in [7, 11) is 0. The zero-order valence-corrected chi connectivity index (χ0v) is 13.9. The van der Waals surface area contributed by atoms with Gasteiger partial charge in [-0.2, -0.15) is 5.26 Å². The summed E-state index contributed by atoms with van der Waals surface area (Å²) < 4.78 is 5.85. The summed E-state index contributed by atoms with van der Waals surface area (Å²) in [5, 5.41) is 13.8. The maximum absolute atomic E-state index is 9.06. The van der Waals surface area contributed by atoms with Gasteiger partial charge in [-0.3, -0.25) is 0 Å². The van der Waals surface area contributed by atoms with Crippen molar-refractivity contribution < 1.29 is 4.74 Å². The summed E-state index contributed by atoms with van der Waals surface area (Å²) in [6.45, 7) is 1.62. The highest BCUT2D eigenvalue weighted by Gasteiger charge is 2.23. The molecule has 1 aromatic heterocycles. The second kappa shape index (κ2) is 6.92. The van der Waals surface area contributed by atoms with E-state index in [1.165, 1.54) is 5.56 Å². The molecule has 1 aliphatic heterocycles. The molecule has 2 aromatic carbocycles. The van der Waals surface area contributed by atoms with Crippen LogP contribution in [-0.2, 0) is 6.42 Å². The van der Waals surface area contributed by atoms with Crippen molar-refractivity contribution >= 4 is 10.9 Å². The van der Waals surface area contributed by atoms with E-state index in [0.29, 0.717) is 12.3 Å². The van der Waals surface area contributed by atoms with Crippen LogP contribution in [0.2, 0.25) is 0 Å². The molecular formula is C21H19N3O. The molecule has 0 aliphatic carbocycles. The maximum atomic E-state index is 9.06. The molecule has 1 N–H and O–H groups in total. The summed E-state index contributed by atoms with van der Waals surface area (Å²) in [4.78, 5) is 4.42. The fraction of sp³-hybridized carbons (Fsp3) is 0.238. The SMILES string of the molecule is N#Cc1ccc2c3c(ccc2n1)OCCC3NCCc1ccccc1. The van der Waals surface area contributed by atoms with Crippen LogP contribution in [0.3, 0.4) is 0 Å². The molecule has 0 spiro atoms. The van der Waals surface area contributed by atoms with Gasteiger partial charge >= 0.3 is 0 Å². The normalized spacial score (nSPS) is 16.0. The number of hydrogen-bond donors (Lipinski definition) is 1. The van der Waals surface area contributed by atoms with Gasteiger partial charge < -0.3 is 10.1 Å². The van der Waals surface area contributed by atoms with Gasteiger partial charge in [-0.15, -0.1) is 0 Å². The van der Waals surface area contributed by atoms with E-state index in [2.05, 4.69) is 40.6 Å². The van der Waals surface area contributed by atoms with Crippen LogP contribution in [0.15, 0.2) is 54.6 Å². The van der Waals surface area contributed by atoms with E-state index >= 15 is 0 Å². The van der Waals surface area contributed by atoms with Crippen molar-refractivity contribution in [2.24, 2.45) is 0 Å². The lowest BCUT2D eigenvalue weighted by atomic mass is 9.95. The molecule has 4 heteroatoms. The van der Waals surface area contributed by atoms with Gasteiger partial charge in [-0.1, -0.05) is 30.3 Å². The van der Waals surface area contributed by atoms with E-state index in [0.717, 1.165) is 41.6 Å². The number of aromatic nitrogens is 1. The Morgan fingerprint density at radius 3 is 2.84 bits per heavy atom. The Bertz CT molecular complexity index is 931. The summed E-state index contributed by atoms with van der Waals surface area (Å²) in [5.74, 6) is 0.919. The maximum Gasteiger partial charge on any atom is 0.141 e. The van der Waals surface area contributed by atoms with E-state index in [1.54, 1.807) is 6.07 Å². The van der Waals surface area contributed by atoms with Crippen LogP contribution in [0.1, 0.15) is 29.3 Å². The summed E-state index contributed by atoms with van der Waals surface area (Å²) in [6, 6.07) is 20.5. The van der Waals surface area contributed by atoms with Crippen LogP contribution >= 0.6 is 0 Å². The molecular weight excluding hydrogens is 310 g/mol. The molecule has 0 bridgehead atoms. The van der Waals surface area contributed by atoms with Gasteiger partial charge in [-0.05, 0) is 42.8 Å². The molecule has 0 radical (unpaired) electrons. The van der Waals surface area contributed by atoms with Gasteiger partial charge in [0.05, 0.1) is 12.1 Å². The Morgan fingerprint density at radius 2 is 2.00 bits per heavy atom. The first-order chi connectivity index (χ1) is 12.3. The topological polar surface area (TPSA) is 57.9 Å². The highest BCUT2D eigenvalue weighted by molar-refractivity contribution is 5.85. The van der Waals surface area contributed by atoms with Crippen molar-refractivity contribution in [2.75, 3.05) is 13.2 Å². The minimum atomic E-state index is 0.242. The molecule has 2 heterocycles. The first kappa shape index (κ1) is 15.6. The van der Waals surface area contributed by atoms with E-state index in [4.69, 9.17) is 10.00 Å². The third-order valence-electron chi connectivity index (χ3n) is 4.65. The largest absolute Gasteiger partial charge is 0.493 e. The first-order valence-electron chi connectivity index (χ1n) is 8.59. The molecule has 1 unspecified atom stereocenters. The lowest BCUT2D eigenvalue weighted by Gasteiger charge is -2.28. The molecule has 4 rings (SSSR count). The van der Waals surface area contributed by atoms with Crippen molar-refractivity contribution in [3.63, 3.8) is 0 Å². The zero-order chi connectivity index (χ0) is 17.1. The Balaban J connectivity index is 1.59. The monoisotopic (exact) mass is 329 g/mol. The molecule has 4 nitrogen and oxygen atoms in total. The standard InChI is InChI=1S/C21H19N3O/c22-14-16-6-7-17-18(24-16)8-9-20-21(17)19(11-13-25-20)23-12-10-15-4-2-1-3-5-15/h1-9,19,23H,10-13H2. The number of nitrogens with one attached hydrogen (secondary N) is 1. The van der Waals surface area contributed by atoms with E-state index in [9.17, 15) is 0 Å². The fourth-order valence-electron chi connectivity index (χ4n) is 3.43. The van der Waals surface area contributed by atoms with Crippen molar-refractivity contribution in [1.29, 1.82) is 5.26 Å². The molecule has 25 heavy (non-hydrogen) atoms. The van der Waals surface area contributed by atoms with Gasteiger partial charge in [-0.25, -0.2) is 4.98 Å². The molecule has 1 atom stereocenters. The van der Waals surface area contributed by atoms with Crippen LogP contribution in [-0.4, -0.2) is 18.1 Å². The molecule has 0 saturated carbocycles. The highest BCUT2D eigenvalue weighted by Crippen LogP contribution is 2.37. The van der Waals surface area contributed by atoms with Crippen molar-refractivity contribution in [2.45, 2.75) is 18.9 Å². The molecule has 0 amide bonds. The van der Waals surface area contributed by atoms with Crippen molar-refractivity contribution in [1.82, 2.24) is 10.3 Å². The third kappa shape index (κ3) is 3.19. The van der Waals surface area contributed by atoms with Gasteiger partial charge in [0.15, 0.2) is 0 Å². The Hall–Kier alpha value is -2.90. The third-order valence-corrected chi connectivity index (χ3v) is 4.65. The number of rotatable bonds is 4.